The average molecular weight is 346 g/mol. The number of halogens is 2. The molecule has 2 nitrogen and oxygen atoms in total. The molecule has 19 heavy (non-hydrogen) atoms. The Balaban J connectivity index is 1.85. The first-order valence-corrected chi connectivity index (χ1v) is 7.98. The van der Waals surface area contributed by atoms with Gasteiger partial charge in [-0.1, -0.05) is 33.6 Å². The summed E-state index contributed by atoms with van der Waals surface area (Å²) >= 11 is 9.74. The number of hydrogen-bond acceptors (Lipinski definition) is 2. The first-order chi connectivity index (χ1) is 9.14. The van der Waals surface area contributed by atoms with E-state index in [-0.39, 0.29) is 18.1 Å². The molecule has 1 saturated carbocycles. The van der Waals surface area contributed by atoms with Crippen LogP contribution in [0.4, 0.5) is 0 Å². The summed E-state index contributed by atoms with van der Waals surface area (Å²) < 4.78 is 6.89. The van der Waals surface area contributed by atoms with Gasteiger partial charge in [-0.3, -0.25) is 0 Å². The van der Waals surface area contributed by atoms with Gasteiger partial charge in [-0.15, -0.1) is 0 Å². The molecule has 0 aromatic heterocycles. The quantitative estimate of drug-likeness (QED) is 0.899. The van der Waals surface area contributed by atoms with E-state index in [2.05, 4.69) is 15.9 Å². The summed E-state index contributed by atoms with van der Waals surface area (Å²) in [5, 5.41) is 10.7. The third kappa shape index (κ3) is 2.71. The maximum Gasteiger partial charge on any atom is 0.0685 e. The minimum absolute atomic E-state index is 0.140. The van der Waals surface area contributed by atoms with Crippen molar-refractivity contribution in [2.24, 2.45) is 11.3 Å². The van der Waals surface area contributed by atoms with Crippen molar-refractivity contribution < 1.29 is 9.84 Å². The topological polar surface area (TPSA) is 29.5 Å². The zero-order valence-corrected chi connectivity index (χ0v) is 13.1. The lowest BCUT2D eigenvalue weighted by Crippen LogP contribution is -2.38. The highest BCUT2D eigenvalue weighted by Crippen LogP contribution is 2.49. The molecule has 3 rings (SSSR count). The van der Waals surface area contributed by atoms with Crippen LogP contribution in [0.2, 0.25) is 5.02 Å². The van der Waals surface area contributed by atoms with Crippen LogP contribution in [0.5, 0.6) is 0 Å². The van der Waals surface area contributed by atoms with Crippen molar-refractivity contribution in [3.63, 3.8) is 0 Å². The van der Waals surface area contributed by atoms with E-state index in [9.17, 15) is 5.11 Å². The van der Waals surface area contributed by atoms with Crippen LogP contribution >= 0.6 is 27.5 Å². The molecule has 4 heteroatoms. The number of ether oxygens (including phenoxy) is 1. The maximum atomic E-state index is 9.94. The summed E-state index contributed by atoms with van der Waals surface area (Å²) in [5.41, 5.74) is 0.966. The Bertz CT molecular complexity index is 475. The first kappa shape index (κ1) is 13.9. The second-order valence-electron chi connectivity index (χ2n) is 5.81. The molecule has 1 heterocycles. The van der Waals surface area contributed by atoms with E-state index >= 15 is 0 Å². The van der Waals surface area contributed by atoms with Gasteiger partial charge < -0.3 is 9.84 Å². The van der Waals surface area contributed by atoms with Gasteiger partial charge in [0, 0.05) is 21.5 Å². The minimum Gasteiger partial charge on any atom is -0.396 e. The lowest BCUT2D eigenvalue weighted by Gasteiger charge is -2.33. The smallest absolute Gasteiger partial charge is 0.0685 e. The normalized spacial score (nSPS) is 30.8. The van der Waals surface area contributed by atoms with Crippen molar-refractivity contribution in [3.05, 3.63) is 33.3 Å². The highest BCUT2D eigenvalue weighted by Gasteiger charge is 2.50. The predicted octanol–water partition coefficient (Wildman–Crippen LogP) is 3.82. The lowest BCUT2D eigenvalue weighted by molar-refractivity contribution is 0.000598. The number of benzene rings is 1. The third-order valence-electron chi connectivity index (χ3n) is 4.42. The molecule has 1 saturated heterocycles. The summed E-state index contributed by atoms with van der Waals surface area (Å²) in [7, 11) is 0. The van der Waals surface area contributed by atoms with Crippen LogP contribution in [-0.2, 0) is 11.2 Å². The van der Waals surface area contributed by atoms with Crippen molar-refractivity contribution in [2.75, 3.05) is 13.2 Å². The molecule has 0 spiro atoms. The van der Waals surface area contributed by atoms with Crippen LogP contribution in [0.3, 0.4) is 0 Å². The standard InChI is InChI=1S/C15H18BrClO2/c16-12-4-3-11(13(17)7-12)8-15(9-18)5-6-19-14(15)10-1-2-10/h3-4,7,10,14,18H,1-2,5-6,8-9H2. The molecule has 0 amide bonds. The second kappa shape index (κ2) is 5.36. The van der Waals surface area contributed by atoms with E-state index < -0.39 is 0 Å². The first-order valence-electron chi connectivity index (χ1n) is 6.81. The van der Waals surface area contributed by atoms with Crippen LogP contribution in [0.15, 0.2) is 22.7 Å². The van der Waals surface area contributed by atoms with Crippen LogP contribution in [0.25, 0.3) is 0 Å². The molecule has 104 valence electrons. The van der Waals surface area contributed by atoms with E-state index in [1.54, 1.807) is 0 Å². The molecular weight excluding hydrogens is 328 g/mol. The Morgan fingerprint density at radius 1 is 1.42 bits per heavy atom. The van der Waals surface area contributed by atoms with Crippen molar-refractivity contribution in [2.45, 2.75) is 31.8 Å². The predicted molar refractivity (Wildman–Crippen MR) is 79.5 cm³/mol. The summed E-state index contributed by atoms with van der Waals surface area (Å²) in [5.74, 6) is 0.642. The lowest BCUT2D eigenvalue weighted by atomic mass is 9.75. The molecule has 2 fully saturated rings. The average Bonchev–Trinajstić information content (AvgIpc) is 3.15. The molecule has 2 atom stereocenters. The zero-order valence-electron chi connectivity index (χ0n) is 10.7. The van der Waals surface area contributed by atoms with Crippen molar-refractivity contribution in [1.82, 2.24) is 0 Å². The zero-order chi connectivity index (χ0) is 13.5. The molecule has 1 aliphatic heterocycles. The van der Waals surface area contributed by atoms with E-state index in [4.69, 9.17) is 16.3 Å². The number of aliphatic hydroxyl groups excluding tert-OH is 1. The Hall–Kier alpha value is -0.0900. The van der Waals surface area contributed by atoms with Gasteiger partial charge in [0.1, 0.15) is 0 Å². The van der Waals surface area contributed by atoms with Crippen LogP contribution in [0, 0.1) is 11.3 Å². The van der Waals surface area contributed by atoms with Gasteiger partial charge in [0.25, 0.3) is 0 Å². The van der Waals surface area contributed by atoms with Crippen molar-refractivity contribution >= 4 is 27.5 Å². The molecule has 0 bridgehead atoms. The van der Waals surface area contributed by atoms with Gasteiger partial charge in [0.05, 0.1) is 12.7 Å². The van der Waals surface area contributed by atoms with E-state index in [0.717, 1.165) is 34.5 Å². The fourth-order valence-corrected chi connectivity index (χ4v) is 3.94. The Labute approximate surface area is 127 Å². The molecule has 1 aromatic carbocycles. The van der Waals surface area contributed by atoms with Crippen LogP contribution in [-0.4, -0.2) is 24.4 Å². The van der Waals surface area contributed by atoms with Crippen molar-refractivity contribution in [1.29, 1.82) is 0 Å². The molecular formula is C15H18BrClO2. The van der Waals surface area contributed by atoms with Crippen LogP contribution < -0.4 is 0 Å². The Morgan fingerprint density at radius 3 is 2.84 bits per heavy atom. The number of hydrogen-bond donors (Lipinski definition) is 1. The maximum absolute atomic E-state index is 9.94. The van der Waals surface area contributed by atoms with E-state index in [0.29, 0.717) is 5.92 Å². The Kier molecular flexibility index (Phi) is 3.91. The molecule has 1 aliphatic carbocycles. The fraction of sp³-hybridized carbons (Fsp3) is 0.600. The molecule has 0 radical (unpaired) electrons. The number of rotatable bonds is 4. The van der Waals surface area contributed by atoms with Gasteiger partial charge in [-0.2, -0.15) is 0 Å². The summed E-state index contributed by atoms with van der Waals surface area (Å²) in [6.45, 7) is 0.941. The molecule has 1 N–H and O–H groups in total. The van der Waals surface area contributed by atoms with Crippen molar-refractivity contribution in [3.8, 4) is 0 Å². The fourth-order valence-electron chi connectivity index (χ4n) is 3.20. The summed E-state index contributed by atoms with van der Waals surface area (Å²) in [6, 6.07) is 5.98. The third-order valence-corrected chi connectivity index (χ3v) is 5.27. The van der Waals surface area contributed by atoms with Crippen LogP contribution in [0.1, 0.15) is 24.8 Å². The summed E-state index contributed by atoms with van der Waals surface area (Å²) in [4.78, 5) is 0. The molecule has 1 aromatic rings. The number of aliphatic hydroxyl groups is 1. The molecule has 2 unspecified atom stereocenters. The molecule has 2 aliphatic rings. The van der Waals surface area contributed by atoms with Gasteiger partial charge >= 0.3 is 0 Å². The van der Waals surface area contributed by atoms with E-state index in [1.807, 2.05) is 18.2 Å². The Morgan fingerprint density at radius 2 is 2.21 bits per heavy atom. The van der Waals surface area contributed by atoms with Gasteiger partial charge in [-0.05, 0) is 49.3 Å². The largest absolute Gasteiger partial charge is 0.396 e. The van der Waals surface area contributed by atoms with Gasteiger partial charge in [-0.25, -0.2) is 0 Å². The monoisotopic (exact) mass is 344 g/mol. The van der Waals surface area contributed by atoms with Gasteiger partial charge in [0.15, 0.2) is 0 Å². The van der Waals surface area contributed by atoms with Gasteiger partial charge in [0.2, 0.25) is 0 Å². The minimum atomic E-state index is -0.140. The second-order valence-corrected chi connectivity index (χ2v) is 7.13. The summed E-state index contributed by atoms with van der Waals surface area (Å²) in [6.07, 6.45) is 4.41. The van der Waals surface area contributed by atoms with E-state index in [1.165, 1.54) is 12.8 Å². The highest BCUT2D eigenvalue weighted by molar-refractivity contribution is 9.10. The SMILES string of the molecule is OCC1(Cc2ccc(Br)cc2Cl)CCOC1C1CC1. The highest BCUT2D eigenvalue weighted by atomic mass is 79.9.